The number of halogens is 4. The van der Waals surface area contributed by atoms with Crippen LogP contribution >= 0.6 is 27.5 Å². The first-order valence-corrected chi connectivity index (χ1v) is 11.1. The lowest BCUT2D eigenvalue weighted by atomic mass is 10.1. The molecule has 164 valence electrons. The zero-order valence-corrected chi connectivity index (χ0v) is 19.4. The molecule has 0 saturated heterocycles. The quantitative estimate of drug-likeness (QED) is 0.308. The Morgan fingerprint density at radius 2 is 1.68 bits per heavy atom. The highest BCUT2D eigenvalue weighted by molar-refractivity contribution is 9.10. The predicted molar refractivity (Wildman–Crippen MR) is 123 cm³/mol. The van der Waals surface area contributed by atoms with Crippen molar-refractivity contribution in [2.45, 2.75) is 26.5 Å². The molecule has 0 bridgehead atoms. The van der Waals surface area contributed by atoms with E-state index in [-0.39, 0.29) is 18.2 Å². The highest BCUT2D eigenvalue weighted by Gasteiger charge is 2.14. The standard InChI is InChI=1S/C24H23BrClF2NO2/c1-2-30-23-12-17(14-29-10-9-16-3-6-19(27)7-4-16)11-21(25)24(23)31-15-18-5-8-20(28)13-22(18)26/h3-8,11-13,29H,2,9-10,14-15H2,1H3. The molecule has 0 fully saturated rings. The van der Waals surface area contributed by atoms with Crippen molar-refractivity contribution in [3.05, 3.63) is 92.4 Å². The van der Waals surface area contributed by atoms with Gasteiger partial charge in [-0.25, -0.2) is 8.78 Å². The minimum atomic E-state index is -0.388. The summed E-state index contributed by atoms with van der Waals surface area (Å²) >= 11 is 9.66. The van der Waals surface area contributed by atoms with Crippen molar-refractivity contribution in [1.82, 2.24) is 5.32 Å². The number of rotatable bonds is 10. The molecule has 3 aromatic rings. The first-order chi connectivity index (χ1) is 15.0. The third-order valence-electron chi connectivity index (χ3n) is 4.59. The smallest absolute Gasteiger partial charge is 0.175 e. The summed E-state index contributed by atoms with van der Waals surface area (Å²) in [5.74, 6) is 0.568. The molecule has 3 rings (SSSR count). The Bertz CT molecular complexity index is 1020. The van der Waals surface area contributed by atoms with Crippen molar-refractivity contribution in [3.8, 4) is 11.5 Å². The highest BCUT2D eigenvalue weighted by Crippen LogP contribution is 2.38. The van der Waals surface area contributed by atoms with Crippen LogP contribution in [0.2, 0.25) is 5.02 Å². The van der Waals surface area contributed by atoms with Gasteiger partial charge in [-0.3, -0.25) is 0 Å². The summed E-state index contributed by atoms with van der Waals surface area (Å²) in [6, 6.07) is 14.6. The molecule has 0 aliphatic heterocycles. The molecule has 0 amide bonds. The molecular formula is C24H23BrClF2NO2. The summed E-state index contributed by atoms with van der Waals surface area (Å²) in [7, 11) is 0. The van der Waals surface area contributed by atoms with Gasteiger partial charge in [0.05, 0.1) is 16.1 Å². The summed E-state index contributed by atoms with van der Waals surface area (Å²) in [5.41, 5.74) is 2.79. The van der Waals surface area contributed by atoms with Crippen molar-refractivity contribution in [2.75, 3.05) is 13.2 Å². The van der Waals surface area contributed by atoms with Gasteiger partial charge in [0.25, 0.3) is 0 Å². The normalized spacial score (nSPS) is 10.9. The molecule has 0 saturated carbocycles. The van der Waals surface area contributed by atoms with Crippen LogP contribution < -0.4 is 14.8 Å². The summed E-state index contributed by atoms with van der Waals surface area (Å²) in [6.07, 6.45) is 0.805. The highest BCUT2D eigenvalue weighted by atomic mass is 79.9. The Kier molecular flexibility index (Phi) is 8.69. The number of hydrogen-bond acceptors (Lipinski definition) is 3. The zero-order chi connectivity index (χ0) is 22.2. The lowest BCUT2D eigenvalue weighted by Gasteiger charge is -2.16. The first kappa shape index (κ1) is 23.5. The molecule has 7 heteroatoms. The van der Waals surface area contributed by atoms with Gasteiger partial charge in [-0.05, 0) is 83.3 Å². The minimum Gasteiger partial charge on any atom is -0.490 e. The predicted octanol–water partition coefficient (Wildman–Crippen LogP) is 6.69. The third kappa shape index (κ3) is 6.92. The van der Waals surface area contributed by atoms with Crippen LogP contribution in [0.25, 0.3) is 0 Å². The molecule has 0 aliphatic carbocycles. The Morgan fingerprint density at radius 3 is 2.39 bits per heavy atom. The van der Waals surface area contributed by atoms with Gasteiger partial charge < -0.3 is 14.8 Å². The van der Waals surface area contributed by atoms with E-state index in [0.717, 1.165) is 28.6 Å². The second kappa shape index (κ2) is 11.5. The van der Waals surface area contributed by atoms with Crippen molar-refractivity contribution < 1.29 is 18.3 Å². The zero-order valence-electron chi connectivity index (χ0n) is 17.1. The van der Waals surface area contributed by atoms with Gasteiger partial charge in [-0.2, -0.15) is 0 Å². The van der Waals surface area contributed by atoms with Crippen LogP contribution in [-0.4, -0.2) is 13.2 Å². The molecule has 3 aromatic carbocycles. The van der Waals surface area contributed by atoms with E-state index in [9.17, 15) is 8.78 Å². The van der Waals surface area contributed by atoms with E-state index in [4.69, 9.17) is 21.1 Å². The van der Waals surface area contributed by atoms with Gasteiger partial charge in [0.1, 0.15) is 18.2 Å². The Labute approximate surface area is 194 Å². The first-order valence-electron chi connectivity index (χ1n) is 9.93. The van der Waals surface area contributed by atoms with E-state index in [2.05, 4.69) is 21.2 Å². The molecule has 0 aromatic heterocycles. The molecule has 0 atom stereocenters. The number of nitrogens with one attached hydrogen (secondary N) is 1. The second-order valence-corrected chi connectivity index (χ2v) is 8.18. The average molecular weight is 511 g/mol. The fraction of sp³-hybridized carbons (Fsp3) is 0.250. The van der Waals surface area contributed by atoms with Gasteiger partial charge in [-0.1, -0.05) is 29.8 Å². The van der Waals surface area contributed by atoms with Crippen molar-refractivity contribution in [3.63, 3.8) is 0 Å². The second-order valence-electron chi connectivity index (χ2n) is 6.92. The molecule has 0 spiro atoms. The summed E-state index contributed by atoms with van der Waals surface area (Å²) < 4.78 is 38.7. The Balaban J connectivity index is 1.62. The van der Waals surface area contributed by atoms with Gasteiger partial charge in [0.15, 0.2) is 11.5 Å². The van der Waals surface area contributed by atoms with Gasteiger partial charge in [-0.15, -0.1) is 0 Å². The minimum absolute atomic E-state index is 0.188. The van der Waals surface area contributed by atoms with Crippen LogP contribution in [-0.2, 0) is 19.6 Å². The van der Waals surface area contributed by atoms with Gasteiger partial charge in [0.2, 0.25) is 0 Å². The maximum atomic E-state index is 13.2. The lowest BCUT2D eigenvalue weighted by Crippen LogP contribution is -2.17. The molecule has 0 aliphatic rings. The van der Waals surface area contributed by atoms with Crippen LogP contribution in [0.15, 0.2) is 59.1 Å². The summed E-state index contributed by atoms with van der Waals surface area (Å²) in [4.78, 5) is 0. The molecule has 0 radical (unpaired) electrons. The molecule has 31 heavy (non-hydrogen) atoms. The number of hydrogen-bond donors (Lipinski definition) is 1. The maximum absolute atomic E-state index is 13.2. The third-order valence-corrected chi connectivity index (χ3v) is 5.53. The van der Waals surface area contributed by atoms with Crippen molar-refractivity contribution in [2.24, 2.45) is 0 Å². The molecule has 0 unspecified atom stereocenters. The van der Waals surface area contributed by atoms with Gasteiger partial charge in [0, 0.05) is 12.1 Å². The Hall–Kier alpha value is -2.15. The van der Waals surface area contributed by atoms with Gasteiger partial charge >= 0.3 is 0 Å². The number of benzene rings is 3. The fourth-order valence-electron chi connectivity index (χ4n) is 3.03. The van der Waals surface area contributed by atoms with E-state index in [0.29, 0.717) is 35.2 Å². The molecular weight excluding hydrogens is 488 g/mol. The molecule has 3 nitrogen and oxygen atoms in total. The van der Waals surface area contributed by atoms with Crippen LogP contribution in [0.4, 0.5) is 8.78 Å². The summed E-state index contributed by atoms with van der Waals surface area (Å²) in [5, 5.41) is 3.70. The summed E-state index contributed by atoms with van der Waals surface area (Å²) in [6.45, 7) is 3.98. The van der Waals surface area contributed by atoms with Crippen LogP contribution in [0.5, 0.6) is 11.5 Å². The van der Waals surface area contributed by atoms with E-state index < -0.39 is 0 Å². The van der Waals surface area contributed by atoms with Crippen molar-refractivity contribution in [1.29, 1.82) is 0 Å². The maximum Gasteiger partial charge on any atom is 0.175 e. The van der Waals surface area contributed by atoms with Crippen LogP contribution in [0.1, 0.15) is 23.6 Å². The van der Waals surface area contributed by atoms with E-state index >= 15 is 0 Å². The lowest BCUT2D eigenvalue weighted by molar-refractivity contribution is 0.267. The molecule has 1 N–H and O–H groups in total. The van der Waals surface area contributed by atoms with E-state index in [1.165, 1.54) is 24.3 Å². The van der Waals surface area contributed by atoms with Crippen molar-refractivity contribution >= 4 is 27.5 Å². The number of ether oxygens (including phenoxy) is 2. The average Bonchev–Trinajstić information content (AvgIpc) is 2.73. The monoisotopic (exact) mass is 509 g/mol. The van der Waals surface area contributed by atoms with E-state index in [1.807, 2.05) is 19.1 Å². The van der Waals surface area contributed by atoms with E-state index in [1.54, 1.807) is 18.2 Å². The fourth-order valence-corrected chi connectivity index (χ4v) is 3.86. The largest absolute Gasteiger partial charge is 0.490 e. The molecule has 0 heterocycles. The topological polar surface area (TPSA) is 30.5 Å². The Morgan fingerprint density at radius 1 is 0.935 bits per heavy atom. The van der Waals surface area contributed by atoms with Crippen LogP contribution in [0, 0.1) is 11.6 Å². The SMILES string of the molecule is CCOc1cc(CNCCc2ccc(F)cc2)cc(Br)c1OCc1ccc(F)cc1Cl. The van der Waals surface area contributed by atoms with Crippen LogP contribution in [0.3, 0.4) is 0 Å².